The predicted octanol–water partition coefficient (Wildman–Crippen LogP) is 8.47. The molecule has 60 heavy (non-hydrogen) atoms. The lowest BCUT2D eigenvalue weighted by atomic mass is 9.97. The second kappa shape index (κ2) is 20.1. The van der Waals surface area contributed by atoms with Gasteiger partial charge in [-0.25, -0.2) is 0 Å². The van der Waals surface area contributed by atoms with Crippen LogP contribution in [0.5, 0.6) is 23.0 Å². The van der Waals surface area contributed by atoms with Gasteiger partial charge in [-0.1, -0.05) is 59.2 Å². The highest BCUT2D eigenvalue weighted by atomic mass is 16.5. The van der Waals surface area contributed by atoms with Gasteiger partial charge in [0.15, 0.2) is 0 Å². The number of hydrogen-bond acceptors (Lipinski definition) is 6. The largest absolute Gasteiger partial charge is 0.497 e. The van der Waals surface area contributed by atoms with Crippen LogP contribution in [0.4, 0.5) is 0 Å². The van der Waals surface area contributed by atoms with Crippen LogP contribution in [0, 0.1) is 93.7 Å². The molecule has 0 fully saturated rings. The summed E-state index contributed by atoms with van der Waals surface area (Å²) in [4.78, 5) is 0. The molecule has 0 saturated carbocycles. The lowest BCUT2D eigenvalue weighted by Gasteiger charge is -2.03. The molecule has 6 nitrogen and oxygen atoms in total. The topological polar surface area (TPSA) is 84.5 Å². The van der Waals surface area contributed by atoms with Crippen molar-refractivity contribution in [3.05, 3.63) is 188 Å². The Morgan fingerprint density at radius 2 is 0.533 bits per heavy atom. The quantitative estimate of drug-likeness (QED) is 0.167. The van der Waals surface area contributed by atoms with Crippen LogP contribution < -0.4 is 18.9 Å². The van der Waals surface area contributed by atoms with Crippen molar-refractivity contribution in [1.29, 1.82) is 10.5 Å². The van der Waals surface area contributed by atoms with Gasteiger partial charge in [0.1, 0.15) is 23.0 Å². The summed E-state index contributed by atoms with van der Waals surface area (Å²) < 4.78 is 21.2. The third kappa shape index (κ3) is 10.8. The minimum Gasteiger partial charge on any atom is -0.497 e. The van der Waals surface area contributed by atoms with Gasteiger partial charge in [-0.05, 0) is 133 Å². The summed E-state index contributed by atoms with van der Waals surface area (Å²) in [7, 11) is 6.41. The zero-order valence-electron chi connectivity index (χ0n) is 33.1. The van der Waals surface area contributed by atoms with Gasteiger partial charge in [0.2, 0.25) is 0 Å². The van der Waals surface area contributed by atoms with Crippen LogP contribution in [-0.2, 0) is 0 Å². The number of methoxy groups -OCH3 is 4. The number of hydrogen-bond donors (Lipinski definition) is 0. The van der Waals surface area contributed by atoms with Crippen LogP contribution in [-0.4, -0.2) is 28.4 Å². The van der Waals surface area contributed by atoms with Gasteiger partial charge < -0.3 is 18.9 Å². The second-order valence-electron chi connectivity index (χ2n) is 12.5. The zero-order chi connectivity index (χ0) is 42.1. The average Bonchev–Trinajstić information content (AvgIpc) is 3.31. The van der Waals surface area contributed by atoms with Crippen molar-refractivity contribution in [2.75, 3.05) is 28.4 Å². The lowest BCUT2D eigenvalue weighted by Crippen LogP contribution is -1.94. The molecular formula is C54H32N2O4. The number of ether oxygens (including phenoxy) is 4. The van der Waals surface area contributed by atoms with Gasteiger partial charge >= 0.3 is 0 Å². The van der Waals surface area contributed by atoms with Gasteiger partial charge in [-0.15, -0.1) is 0 Å². The molecule has 0 unspecified atom stereocenters. The predicted molar refractivity (Wildman–Crippen MR) is 232 cm³/mol. The molecule has 0 aliphatic rings. The first-order chi connectivity index (χ1) is 29.4. The van der Waals surface area contributed by atoms with Gasteiger partial charge in [-0.2, -0.15) is 10.5 Å². The fourth-order valence-electron chi connectivity index (χ4n) is 5.52. The minimum atomic E-state index is 0.377. The van der Waals surface area contributed by atoms with Crippen molar-refractivity contribution in [3.63, 3.8) is 0 Å². The number of nitrogens with zero attached hydrogens (tertiary/aromatic N) is 2. The van der Waals surface area contributed by atoms with Crippen LogP contribution in [0.2, 0.25) is 0 Å². The first kappa shape index (κ1) is 40.5. The Bertz CT molecular complexity index is 2660. The maximum atomic E-state index is 9.99. The smallest absolute Gasteiger partial charge is 0.118 e. The second-order valence-corrected chi connectivity index (χ2v) is 12.5. The van der Waals surface area contributed by atoms with E-state index in [1.165, 1.54) is 0 Å². The first-order valence-electron chi connectivity index (χ1n) is 18.2. The fraction of sp³-hybridized carbons (Fsp3) is 0.0741. The molecule has 6 aromatic carbocycles. The normalized spacial score (nSPS) is 9.17. The minimum absolute atomic E-state index is 0.377. The van der Waals surface area contributed by atoms with E-state index < -0.39 is 0 Å². The Morgan fingerprint density at radius 1 is 0.300 bits per heavy atom. The van der Waals surface area contributed by atoms with Gasteiger partial charge in [0, 0.05) is 44.5 Å². The van der Waals surface area contributed by atoms with E-state index in [9.17, 15) is 10.5 Å². The maximum Gasteiger partial charge on any atom is 0.118 e. The van der Waals surface area contributed by atoms with E-state index in [1.807, 2.05) is 97.1 Å². The van der Waals surface area contributed by atoms with Crippen molar-refractivity contribution in [2.45, 2.75) is 0 Å². The first-order valence-corrected chi connectivity index (χ1v) is 18.2. The van der Waals surface area contributed by atoms with E-state index in [4.69, 9.17) is 18.9 Å². The third-order valence-electron chi connectivity index (χ3n) is 8.70. The van der Waals surface area contributed by atoms with Crippen molar-refractivity contribution >= 4 is 0 Å². The van der Waals surface area contributed by atoms with Gasteiger partial charge in [-0.3, -0.25) is 0 Å². The molecule has 0 saturated heterocycles. The third-order valence-corrected chi connectivity index (χ3v) is 8.70. The Balaban J connectivity index is 1.50. The van der Waals surface area contributed by atoms with Crippen molar-refractivity contribution in [2.24, 2.45) is 0 Å². The number of nitriles is 2. The lowest BCUT2D eigenvalue weighted by molar-refractivity contribution is 0.414. The molecule has 0 aliphatic heterocycles. The summed E-state index contributed by atoms with van der Waals surface area (Å²) in [5, 5.41) is 20.0. The van der Waals surface area contributed by atoms with E-state index in [0.717, 1.165) is 22.3 Å². The molecule has 0 heterocycles. The van der Waals surface area contributed by atoms with Crippen LogP contribution in [0.15, 0.2) is 121 Å². The number of rotatable bonds is 4. The standard InChI is InChI=1S/C54H32N2O4/c1-57-49-25-13-39(14-26-49)9-21-45-33-43(37-55)34-46(22-10-40-15-27-50(58-2)28-16-40)53(45)7-5-6-8-54-47(23-11-41-17-29-51(59-3)30-18-41)35-44(38-56)36-48(54)24-12-42-19-31-52(60-4)32-20-42/h13-20,25-36H,1-4H3. The molecule has 0 aromatic heterocycles. The molecule has 0 aliphatic carbocycles. The zero-order valence-corrected chi connectivity index (χ0v) is 33.1. The van der Waals surface area contributed by atoms with E-state index in [2.05, 4.69) is 83.2 Å². The van der Waals surface area contributed by atoms with Crippen molar-refractivity contribution in [3.8, 4) is 106 Å². The molecule has 0 amide bonds. The Kier molecular flexibility index (Phi) is 13.6. The van der Waals surface area contributed by atoms with Gasteiger partial charge in [0.25, 0.3) is 0 Å². The summed E-state index contributed by atoms with van der Waals surface area (Å²) in [5.41, 5.74) is 6.78. The van der Waals surface area contributed by atoms with Crippen LogP contribution in [0.3, 0.4) is 0 Å². The maximum absolute atomic E-state index is 9.99. The molecule has 0 spiro atoms. The molecule has 6 rings (SSSR count). The van der Waals surface area contributed by atoms with Crippen LogP contribution >= 0.6 is 0 Å². The Labute approximate surface area is 351 Å². The highest BCUT2D eigenvalue weighted by molar-refractivity contribution is 5.67. The summed E-state index contributed by atoms with van der Waals surface area (Å²) in [5.74, 6) is 40.7. The van der Waals surface area contributed by atoms with E-state index in [0.29, 0.717) is 67.5 Å². The summed E-state index contributed by atoms with van der Waals surface area (Å²) in [6, 6.07) is 40.6. The van der Waals surface area contributed by atoms with E-state index in [1.54, 1.807) is 52.7 Å². The van der Waals surface area contributed by atoms with E-state index in [-0.39, 0.29) is 0 Å². The average molecular weight is 773 g/mol. The Hall–Kier alpha value is -9.14. The highest BCUT2D eigenvalue weighted by Gasteiger charge is 2.09. The monoisotopic (exact) mass is 772 g/mol. The molecule has 0 atom stereocenters. The SMILES string of the molecule is COc1ccc(C#Cc2cc(C#N)cc(C#Cc3ccc(OC)cc3)c2C#CC#Cc2c(C#Cc3ccc(OC)cc3)cc(C#N)cc2C#Cc2ccc(OC)cc2)cc1. The molecule has 0 N–H and O–H groups in total. The van der Waals surface area contributed by atoms with E-state index >= 15 is 0 Å². The molecular weight excluding hydrogens is 741 g/mol. The van der Waals surface area contributed by atoms with Crippen molar-refractivity contribution < 1.29 is 18.9 Å². The molecule has 0 bridgehead atoms. The number of benzene rings is 6. The fourth-order valence-corrected chi connectivity index (χ4v) is 5.52. The summed E-state index contributed by atoms with van der Waals surface area (Å²) in [6.07, 6.45) is 0. The van der Waals surface area contributed by atoms with Crippen molar-refractivity contribution in [1.82, 2.24) is 0 Å². The molecule has 282 valence electrons. The highest BCUT2D eigenvalue weighted by Crippen LogP contribution is 2.20. The van der Waals surface area contributed by atoms with Gasteiger partial charge in [0.05, 0.1) is 62.8 Å². The summed E-state index contributed by atoms with van der Waals surface area (Å²) in [6.45, 7) is 0. The molecule has 6 heteroatoms. The summed E-state index contributed by atoms with van der Waals surface area (Å²) >= 11 is 0. The molecule has 0 radical (unpaired) electrons. The van der Waals surface area contributed by atoms with Crippen LogP contribution in [0.25, 0.3) is 0 Å². The van der Waals surface area contributed by atoms with Crippen LogP contribution in [0.1, 0.15) is 66.8 Å². The Morgan fingerprint density at radius 3 is 0.733 bits per heavy atom. The molecule has 6 aromatic rings.